The van der Waals surface area contributed by atoms with Crippen LogP contribution in [0.1, 0.15) is 62.7 Å². The van der Waals surface area contributed by atoms with Crippen molar-refractivity contribution in [1.29, 1.82) is 0 Å². The van der Waals surface area contributed by atoms with Gasteiger partial charge in [0, 0.05) is 28.8 Å². The van der Waals surface area contributed by atoms with Crippen molar-refractivity contribution in [2.24, 2.45) is 5.92 Å². The maximum Gasteiger partial charge on any atom is 0.0639 e. The SMILES string of the molecule is [2H]c1c([2H])c(C2(C([2H])(N(C)C)C([2H])([2H])C(C)C)C([2H])([2H])C([2H])([2H])C2([2H])[2H])c([2H])c([2H])c1Cl. The zero-order chi connectivity index (χ0) is 25.6. The molecule has 0 radical (unpaired) electrons. The van der Waals surface area contributed by atoms with E-state index in [9.17, 15) is 1.37 Å². The predicted molar refractivity (Wildman–Crippen MR) is 83.9 cm³/mol. The van der Waals surface area contributed by atoms with Crippen LogP contribution in [0.2, 0.25) is 5.02 Å². The molecule has 1 aromatic rings. The molecule has 1 unspecified atom stereocenters. The summed E-state index contributed by atoms with van der Waals surface area (Å²) >= 11 is 5.88. The van der Waals surface area contributed by atoms with E-state index >= 15 is 0 Å². The standard InChI is InChI=1S/C17H26ClN/c1-13(2)12-16(19(3)4)17(10-5-11-17)14-6-8-15(18)9-7-14/h6-9,13,16H,5,10-12H2,1-4H3/i5D2,6D,7D,8D,9D,10D2,11D2,12D2,16D. The smallest absolute Gasteiger partial charge is 0.0639 e. The van der Waals surface area contributed by atoms with Crippen molar-refractivity contribution >= 4 is 11.6 Å². The molecular weight excluding hydrogens is 254 g/mol. The topological polar surface area (TPSA) is 3.24 Å². The molecule has 0 aliphatic heterocycles. The summed E-state index contributed by atoms with van der Waals surface area (Å²) in [4.78, 5) is 0.915. The largest absolute Gasteiger partial charge is 0.306 e. The number of nitrogens with zero attached hydrogens (tertiary/aromatic N) is 1. The molecule has 106 valence electrons. The third-order valence-electron chi connectivity index (χ3n) is 2.70. The molecule has 0 N–H and O–H groups in total. The Hall–Kier alpha value is -0.530. The van der Waals surface area contributed by atoms with Gasteiger partial charge in [-0.15, -0.1) is 0 Å². The Bertz CT molecular complexity index is 896. The highest BCUT2D eigenvalue weighted by molar-refractivity contribution is 6.30. The number of halogens is 1. The summed E-state index contributed by atoms with van der Waals surface area (Å²) in [6.07, 6.45) is -12.6. The fourth-order valence-electron chi connectivity index (χ4n) is 1.88. The Morgan fingerprint density at radius 1 is 1.42 bits per heavy atom. The quantitative estimate of drug-likeness (QED) is 0.758. The Kier molecular flexibility index (Phi) is 1.65. The fourth-order valence-corrected chi connectivity index (χ4v) is 1.97. The van der Waals surface area contributed by atoms with E-state index in [1.165, 1.54) is 27.9 Å². The van der Waals surface area contributed by atoms with Gasteiger partial charge in [0.25, 0.3) is 0 Å². The van der Waals surface area contributed by atoms with Crippen molar-refractivity contribution < 1.29 is 17.8 Å². The number of hydrogen-bond donors (Lipinski definition) is 0. The molecule has 0 aromatic heterocycles. The van der Waals surface area contributed by atoms with Crippen molar-refractivity contribution in [2.45, 2.75) is 50.8 Å². The molecule has 1 saturated carbocycles. The van der Waals surface area contributed by atoms with Crippen molar-refractivity contribution in [3.8, 4) is 0 Å². The first-order chi connectivity index (χ1) is 14.1. The van der Waals surface area contributed by atoms with Crippen molar-refractivity contribution in [1.82, 2.24) is 4.90 Å². The van der Waals surface area contributed by atoms with Crippen molar-refractivity contribution in [2.75, 3.05) is 14.1 Å². The monoisotopic (exact) mass is 292 g/mol. The molecule has 19 heavy (non-hydrogen) atoms. The molecule has 0 bridgehead atoms. The lowest BCUT2D eigenvalue weighted by atomic mass is 9.58. The molecule has 1 nitrogen and oxygen atoms in total. The summed E-state index contributed by atoms with van der Waals surface area (Å²) in [5, 5.41) is -0.602. The summed E-state index contributed by atoms with van der Waals surface area (Å²) in [7, 11) is 2.42. The van der Waals surface area contributed by atoms with E-state index in [1.807, 2.05) is 0 Å². The van der Waals surface area contributed by atoms with E-state index in [0.717, 1.165) is 4.90 Å². The minimum absolute atomic E-state index is 0.602. The van der Waals surface area contributed by atoms with Gasteiger partial charge in [0.2, 0.25) is 0 Å². The van der Waals surface area contributed by atoms with Crippen LogP contribution in [0.3, 0.4) is 0 Å². The second-order valence-electron chi connectivity index (χ2n) is 4.86. The molecule has 0 saturated heterocycles. The van der Waals surface area contributed by atoms with Gasteiger partial charge in [-0.25, -0.2) is 0 Å². The molecule has 1 aliphatic rings. The van der Waals surface area contributed by atoms with Crippen LogP contribution in [0.5, 0.6) is 0 Å². The Labute approximate surface area is 141 Å². The van der Waals surface area contributed by atoms with Gasteiger partial charge in [-0.2, -0.15) is 0 Å². The van der Waals surface area contributed by atoms with E-state index in [0.29, 0.717) is 0 Å². The van der Waals surface area contributed by atoms with Crippen molar-refractivity contribution in [3.05, 3.63) is 34.8 Å². The summed E-state index contributed by atoms with van der Waals surface area (Å²) in [6.45, 7) is 2.80. The van der Waals surface area contributed by atoms with Crippen LogP contribution in [0, 0.1) is 5.92 Å². The van der Waals surface area contributed by atoms with Crippen molar-refractivity contribution in [3.63, 3.8) is 0 Å². The van der Waals surface area contributed by atoms with Gasteiger partial charge in [0.15, 0.2) is 0 Å². The highest BCUT2D eigenvalue weighted by atomic mass is 35.5. The van der Waals surface area contributed by atoms with Gasteiger partial charge < -0.3 is 4.90 Å². The van der Waals surface area contributed by atoms with Gasteiger partial charge in [-0.05, 0) is 56.8 Å². The highest BCUT2D eigenvalue weighted by Gasteiger charge is 2.46. The van der Waals surface area contributed by atoms with E-state index < -0.39 is 77.6 Å². The maximum atomic E-state index is 9.31. The molecule has 2 heteroatoms. The van der Waals surface area contributed by atoms with Gasteiger partial charge in [-0.3, -0.25) is 0 Å². The van der Waals surface area contributed by atoms with Gasteiger partial charge in [-0.1, -0.05) is 43.9 Å². The number of benzene rings is 1. The van der Waals surface area contributed by atoms with Crippen LogP contribution in [-0.4, -0.2) is 25.0 Å². The van der Waals surface area contributed by atoms with Crippen LogP contribution in [0.4, 0.5) is 0 Å². The van der Waals surface area contributed by atoms with Crippen LogP contribution in [-0.2, 0) is 5.41 Å². The first-order valence-electron chi connectivity index (χ1n) is 12.5. The van der Waals surface area contributed by atoms with E-state index in [2.05, 4.69) is 0 Å². The lowest BCUT2D eigenvalue weighted by Gasteiger charge is -2.51. The summed E-state index contributed by atoms with van der Waals surface area (Å²) < 4.78 is 111. The second-order valence-corrected chi connectivity index (χ2v) is 5.23. The second kappa shape index (κ2) is 5.85. The summed E-state index contributed by atoms with van der Waals surface area (Å²) in [6, 6.07) is -6.44. The average Bonchev–Trinajstić information content (AvgIpc) is 2.65. The first kappa shape index (κ1) is 5.35. The first-order valence-corrected chi connectivity index (χ1v) is 6.38. The minimum Gasteiger partial charge on any atom is -0.306 e. The molecule has 0 amide bonds. The lowest BCUT2D eigenvalue weighted by Crippen LogP contribution is -2.52. The van der Waals surface area contributed by atoms with Crippen LogP contribution in [0.25, 0.3) is 0 Å². The number of hydrogen-bond acceptors (Lipinski definition) is 1. The van der Waals surface area contributed by atoms with Crippen LogP contribution in [0.15, 0.2) is 24.2 Å². The Morgan fingerprint density at radius 3 is 2.47 bits per heavy atom. The van der Waals surface area contributed by atoms with Gasteiger partial charge >= 0.3 is 0 Å². The van der Waals surface area contributed by atoms with Crippen LogP contribution < -0.4 is 0 Å². The summed E-state index contributed by atoms with van der Waals surface area (Å²) in [5.41, 5.74) is -4.05. The third kappa shape index (κ3) is 2.98. The normalized spacial score (nSPS) is 39.8. The maximum absolute atomic E-state index is 9.31. The number of rotatable bonds is 5. The molecular formula is C17H26ClN. The fraction of sp³-hybridized carbons (Fsp3) is 0.647. The molecule has 2 rings (SSSR count). The van der Waals surface area contributed by atoms with Gasteiger partial charge in [0.1, 0.15) is 0 Å². The molecule has 1 fully saturated rings. The molecule has 0 spiro atoms. The molecule has 1 atom stereocenters. The lowest BCUT2D eigenvalue weighted by molar-refractivity contribution is 0.0808. The van der Waals surface area contributed by atoms with E-state index in [1.54, 1.807) is 0 Å². The zero-order valence-corrected chi connectivity index (χ0v) is 12.2. The number of likely N-dealkylation sites (N-methyl/N-ethyl adjacent to an activating group) is 1. The zero-order valence-electron chi connectivity index (χ0n) is 24.4. The van der Waals surface area contributed by atoms with Gasteiger partial charge in [0.05, 0.1) is 5.48 Å². The molecule has 1 aromatic carbocycles. The predicted octanol–water partition coefficient (Wildman–Crippen LogP) is 4.74. The molecule has 1 aliphatic carbocycles. The van der Waals surface area contributed by atoms with Crippen LogP contribution >= 0.6 is 11.6 Å². The Balaban J connectivity index is 3.32. The third-order valence-corrected chi connectivity index (χ3v) is 2.89. The Morgan fingerprint density at radius 2 is 2.00 bits per heavy atom. The summed E-state index contributed by atoms with van der Waals surface area (Å²) in [5.74, 6) is -1.00. The van der Waals surface area contributed by atoms with E-state index in [4.69, 9.17) is 28.1 Å². The minimum atomic E-state index is -3.32. The van der Waals surface area contributed by atoms with E-state index in [-0.39, 0.29) is 0 Å². The average molecular weight is 293 g/mol. The highest BCUT2D eigenvalue weighted by Crippen LogP contribution is 2.49. The molecule has 0 heterocycles.